The maximum Gasteiger partial charge on any atom is 0.175 e. The Morgan fingerprint density at radius 1 is 1.07 bits per heavy atom. The first-order valence-electron chi connectivity index (χ1n) is 9.74. The number of alkyl halides is 2. The van der Waals surface area contributed by atoms with Gasteiger partial charge in [-0.25, -0.2) is 12.8 Å². The molecule has 158 valence electrons. The first-order valence-corrected chi connectivity index (χ1v) is 12.7. The molecule has 0 saturated carbocycles. The van der Waals surface area contributed by atoms with Crippen LogP contribution < -0.4 is 4.74 Å². The van der Waals surface area contributed by atoms with Gasteiger partial charge in [-0.05, 0) is 96.8 Å². The van der Waals surface area contributed by atoms with Crippen LogP contribution in [0.25, 0.3) is 11.1 Å². The molecule has 0 spiro atoms. The number of hydrogen-bond acceptors (Lipinski definition) is 4. The van der Waals surface area contributed by atoms with Gasteiger partial charge in [-0.15, -0.1) is 0 Å². The molecule has 1 saturated heterocycles. The van der Waals surface area contributed by atoms with Gasteiger partial charge in [-0.2, -0.15) is 0 Å². The molecule has 1 aliphatic heterocycles. The van der Waals surface area contributed by atoms with E-state index in [-0.39, 0.29) is 0 Å². The maximum atomic E-state index is 13.8. The zero-order valence-electron chi connectivity index (χ0n) is 16.8. The third-order valence-electron chi connectivity index (χ3n) is 5.16. The van der Waals surface area contributed by atoms with Gasteiger partial charge in [0.2, 0.25) is 0 Å². The lowest BCUT2D eigenvalue weighted by Gasteiger charge is -2.33. The highest BCUT2D eigenvalue weighted by molar-refractivity contribution is 14.1. The van der Waals surface area contributed by atoms with Crippen LogP contribution in [0.5, 0.6) is 5.75 Å². The highest BCUT2D eigenvalue weighted by atomic mass is 127. The fraction of sp³-hybridized carbons (Fsp3) is 0.455. The van der Waals surface area contributed by atoms with Crippen LogP contribution in [0.3, 0.4) is 0 Å². The summed E-state index contributed by atoms with van der Waals surface area (Å²) in [5.41, 5.74) is 1.98. The van der Waals surface area contributed by atoms with E-state index in [1.54, 1.807) is 19.1 Å². The quantitative estimate of drug-likeness (QED) is 0.374. The van der Waals surface area contributed by atoms with Crippen LogP contribution in [0.4, 0.5) is 4.39 Å². The Hall–Kier alpha value is -1.19. The van der Waals surface area contributed by atoms with Gasteiger partial charge in [0, 0.05) is 12.8 Å². The zero-order valence-corrected chi connectivity index (χ0v) is 19.7. The van der Waals surface area contributed by atoms with Gasteiger partial charge in [-0.3, -0.25) is 4.90 Å². The standard InChI is InChI=1S/C22H27FINO3S/c1-22(23,24)16-25-13-11-17(12-14-25)15-28-20-7-3-18(4-8-20)19-5-9-21(10-6-19)29(2,26)27/h3-10,17H,11-16H2,1-2H3. The van der Waals surface area contributed by atoms with Gasteiger partial charge >= 0.3 is 0 Å². The number of piperidine rings is 1. The molecule has 0 aliphatic carbocycles. The van der Waals surface area contributed by atoms with Crippen molar-refractivity contribution in [1.29, 1.82) is 0 Å². The Morgan fingerprint density at radius 2 is 1.59 bits per heavy atom. The van der Waals surface area contributed by atoms with Crippen molar-refractivity contribution in [2.45, 2.75) is 28.3 Å². The first-order chi connectivity index (χ1) is 13.6. The summed E-state index contributed by atoms with van der Waals surface area (Å²) in [4.78, 5) is 2.51. The highest BCUT2D eigenvalue weighted by Gasteiger charge is 2.26. The molecule has 2 aromatic carbocycles. The summed E-state index contributed by atoms with van der Waals surface area (Å²) in [5.74, 6) is 1.32. The Morgan fingerprint density at radius 3 is 2.07 bits per heavy atom. The number of halogens is 2. The lowest BCUT2D eigenvalue weighted by molar-refractivity contribution is 0.116. The molecule has 0 amide bonds. The van der Waals surface area contributed by atoms with E-state index in [1.165, 1.54) is 6.26 Å². The van der Waals surface area contributed by atoms with Crippen LogP contribution in [0.15, 0.2) is 53.4 Å². The molecule has 1 heterocycles. The van der Waals surface area contributed by atoms with E-state index < -0.39 is 13.5 Å². The van der Waals surface area contributed by atoms with Crippen LogP contribution in [0, 0.1) is 5.92 Å². The molecule has 7 heteroatoms. The summed E-state index contributed by atoms with van der Waals surface area (Å²) < 4.78 is 41.7. The third-order valence-corrected chi connectivity index (χ3v) is 6.63. The molecule has 0 aromatic heterocycles. The molecule has 2 aromatic rings. The fourth-order valence-corrected chi connectivity index (χ4v) is 4.67. The van der Waals surface area contributed by atoms with Crippen molar-refractivity contribution in [3.63, 3.8) is 0 Å². The fourth-order valence-electron chi connectivity index (χ4n) is 3.56. The number of sulfone groups is 1. The molecule has 0 bridgehead atoms. The molecule has 3 rings (SSSR count). The summed E-state index contributed by atoms with van der Waals surface area (Å²) in [6.45, 7) is 4.60. The molecule has 0 N–H and O–H groups in total. The van der Waals surface area contributed by atoms with Crippen molar-refractivity contribution < 1.29 is 17.5 Å². The summed E-state index contributed by atoms with van der Waals surface area (Å²) in [7, 11) is -3.18. The van der Waals surface area contributed by atoms with Crippen LogP contribution in [0.1, 0.15) is 19.8 Å². The summed E-state index contributed by atoms with van der Waals surface area (Å²) in [5, 5.41) is 0. The molecule has 0 radical (unpaired) electrons. The minimum Gasteiger partial charge on any atom is -0.493 e. The lowest BCUT2D eigenvalue weighted by Crippen LogP contribution is -2.40. The molecule has 29 heavy (non-hydrogen) atoms. The number of hydrogen-bond donors (Lipinski definition) is 0. The topological polar surface area (TPSA) is 46.6 Å². The summed E-state index contributed by atoms with van der Waals surface area (Å²) in [6.07, 6.45) is 3.26. The Bertz CT molecular complexity index is 901. The Kier molecular flexibility index (Phi) is 7.22. The highest BCUT2D eigenvalue weighted by Crippen LogP contribution is 2.27. The van der Waals surface area contributed by atoms with Gasteiger partial charge in [0.1, 0.15) is 5.75 Å². The minimum atomic E-state index is -3.18. The van der Waals surface area contributed by atoms with Crippen molar-refractivity contribution in [2.24, 2.45) is 5.92 Å². The number of benzene rings is 2. The van der Waals surface area contributed by atoms with Crippen LogP contribution in [-0.2, 0) is 9.84 Å². The average Bonchev–Trinajstić information content (AvgIpc) is 2.66. The predicted molar refractivity (Wildman–Crippen MR) is 123 cm³/mol. The smallest absolute Gasteiger partial charge is 0.175 e. The monoisotopic (exact) mass is 531 g/mol. The maximum absolute atomic E-state index is 13.8. The molecule has 1 aliphatic rings. The van der Waals surface area contributed by atoms with Crippen LogP contribution >= 0.6 is 22.6 Å². The second-order valence-electron chi connectivity index (χ2n) is 7.92. The van der Waals surface area contributed by atoms with E-state index in [0.29, 0.717) is 24.0 Å². The second kappa shape index (κ2) is 9.31. The van der Waals surface area contributed by atoms with E-state index in [4.69, 9.17) is 4.74 Å². The normalized spacial score (nSPS) is 18.3. The number of rotatable bonds is 7. The van der Waals surface area contributed by atoms with Crippen molar-refractivity contribution >= 4 is 32.4 Å². The average molecular weight is 531 g/mol. The van der Waals surface area contributed by atoms with Gasteiger partial charge in [0.25, 0.3) is 0 Å². The molecular formula is C22H27FINO3S. The molecule has 1 fully saturated rings. The van der Waals surface area contributed by atoms with Crippen LogP contribution in [0.2, 0.25) is 0 Å². The van der Waals surface area contributed by atoms with Gasteiger partial charge in [0.15, 0.2) is 13.5 Å². The van der Waals surface area contributed by atoms with Crippen molar-refractivity contribution in [2.75, 3.05) is 32.5 Å². The van der Waals surface area contributed by atoms with E-state index in [1.807, 2.05) is 59.0 Å². The molecular weight excluding hydrogens is 504 g/mol. The minimum absolute atomic E-state index is 0.321. The first kappa shape index (κ1) is 22.5. The van der Waals surface area contributed by atoms with E-state index in [2.05, 4.69) is 4.90 Å². The van der Waals surface area contributed by atoms with Crippen molar-refractivity contribution in [3.05, 3.63) is 48.5 Å². The van der Waals surface area contributed by atoms with Gasteiger partial charge in [0.05, 0.1) is 11.5 Å². The zero-order chi connectivity index (χ0) is 21.1. The van der Waals surface area contributed by atoms with E-state index in [0.717, 1.165) is 42.8 Å². The van der Waals surface area contributed by atoms with Gasteiger partial charge in [-0.1, -0.05) is 24.3 Å². The largest absolute Gasteiger partial charge is 0.493 e. The molecule has 4 nitrogen and oxygen atoms in total. The molecule has 1 atom stereocenters. The summed E-state index contributed by atoms with van der Waals surface area (Å²) in [6, 6.07) is 14.7. The Labute approximate surface area is 186 Å². The number of nitrogens with zero attached hydrogens (tertiary/aromatic N) is 1. The number of ether oxygens (including phenoxy) is 1. The van der Waals surface area contributed by atoms with E-state index in [9.17, 15) is 12.8 Å². The summed E-state index contributed by atoms with van der Waals surface area (Å²) >= 11 is 1.86. The SMILES string of the molecule is CC(F)(I)CN1CCC(COc2ccc(-c3ccc(S(C)(=O)=O)cc3)cc2)CC1. The van der Waals surface area contributed by atoms with Crippen molar-refractivity contribution in [3.8, 4) is 16.9 Å². The van der Waals surface area contributed by atoms with Gasteiger partial charge < -0.3 is 4.74 Å². The Balaban J connectivity index is 1.50. The van der Waals surface area contributed by atoms with Crippen molar-refractivity contribution in [1.82, 2.24) is 4.90 Å². The number of likely N-dealkylation sites (tertiary alicyclic amines) is 1. The molecule has 1 unspecified atom stereocenters. The predicted octanol–water partition coefficient (Wildman–Crippen LogP) is 4.97. The van der Waals surface area contributed by atoms with E-state index >= 15 is 0 Å². The lowest BCUT2D eigenvalue weighted by atomic mass is 9.97. The second-order valence-corrected chi connectivity index (χ2v) is 12.2. The van der Waals surface area contributed by atoms with Crippen LogP contribution in [-0.4, -0.2) is 49.5 Å². The third kappa shape index (κ3) is 6.93.